The zero-order chi connectivity index (χ0) is 10.9. The maximum absolute atomic E-state index is 12.0. The highest BCUT2D eigenvalue weighted by Gasteiger charge is 2.29. The number of sulfonamides is 1. The van der Waals surface area contributed by atoms with E-state index in [0.29, 0.717) is 24.8 Å². The van der Waals surface area contributed by atoms with Crippen LogP contribution >= 0.6 is 0 Å². The van der Waals surface area contributed by atoms with E-state index in [1.165, 1.54) is 12.8 Å². The second kappa shape index (κ2) is 4.39. The lowest BCUT2D eigenvalue weighted by Crippen LogP contribution is -2.51. The van der Waals surface area contributed by atoms with Crippen LogP contribution in [0.5, 0.6) is 0 Å². The zero-order valence-electron chi connectivity index (χ0n) is 9.28. The fraction of sp³-hybridized carbons (Fsp3) is 1.00. The Morgan fingerprint density at radius 1 is 1.40 bits per heavy atom. The lowest BCUT2D eigenvalue weighted by molar-refractivity contribution is 0.310. The smallest absolute Gasteiger partial charge is 0.214 e. The van der Waals surface area contributed by atoms with Gasteiger partial charge in [-0.1, -0.05) is 12.8 Å². The molecule has 0 aromatic rings. The molecule has 1 aliphatic heterocycles. The molecular formula is C10H20N2O2S. The van der Waals surface area contributed by atoms with Gasteiger partial charge in [0.05, 0.1) is 5.75 Å². The highest BCUT2D eigenvalue weighted by atomic mass is 32.2. The summed E-state index contributed by atoms with van der Waals surface area (Å²) in [6.45, 7) is 4.08. The number of rotatable bonds is 4. The Morgan fingerprint density at radius 3 is 2.73 bits per heavy atom. The number of hydrogen-bond acceptors (Lipinski definition) is 3. The Morgan fingerprint density at radius 2 is 2.13 bits per heavy atom. The van der Waals surface area contributed by atoms with Gasteiger partial charge in [-0.15, -0.1) is 0 Å². The number of nitrogens with one attached hydrogen (secondary N) is 1. The fourth-order valence-electron chi connectivity index (χ4n) is 2.00. The molecule has 2 rings (SSSR count). The second-order valence-corrected chi connectivity index (χ2v) is 6.85. The lowest BCUT2D eigenvalue weighted by Gasteiger charge is -2.31. The van der Waals surface area contributed by atoms with Crippen LogP contribution in [0.3, 0.4) is 0 Å². The van der Waals surface area contributed by atoms with E-state index in [-0.39, 0.29) is 6.04 Å². The summed E-state index contributed by atoms with van der Waals surface area (Å²) in [5.74, 6) is 1.05. The van der Waals surface area contributed by atoms with Crippen LogP contribution < -0.4 is 5.32 Å². The third kappa shape index (κ3) is 3.16. The van der Waals surface area contributed by atoms with Gasteiger partial charge in [-0.05, 0) is 19.3 Å². The minimum absolute atomic E-state index is 0.287. The molecular weight excluding hydrogens is 212 g/mol. The van der Waals surface area contributed by atoms with Crippen LogP contribution in [0.2, 0.25) is 0 Å². The normalized spacial score (nSPS) is 29.3. The number of hydrogen-bond donors (Lipinski definition) is 1. The van der Waals surface area contributed by atoms with Crippen molar-refractivity contribution in [3.8, 4) is 0 Å². The Hall–Kier alpha value is -0.130. The van der Waals surface area contributed by atoms with Crippen molar-refractivity contribution < 1.29 is 8.42 Å². The highest BCUT2D eigenvalue weighted by molar-refractivity contribution is 7.89. The second-order valence-electron chi connectivity index (χ2n) is 4.76. The average molecular weight is 232 g/mol. The highest BCUT2D eigenvalue weighted by Crippen LogP contribution is 2.32. The van der Waals surface area contributed by atoms with Gasteiger partial charge in [0.2, 0.25) is 10.0 Å². The molecule has 0 radical (unpaired) electrons. The average Bonchev–Trinajstić information content (AvgIpc) is 2.98. The summed E-state index contributed by atoms with van der Waals surface area (Å²) in [7, 11) is -2.98. The molecule has 0 bridgehead atoms. The van der Waals surface area contributed by atoms with Crippen LogP contribution in [0.15, 0.2) is 0 Å². The van der Waals surface area contributed by atoms with E-state index in [1.54, 1.807) is 4.31 Å². The van der Waals surface area contributed by atoms with Gasteiger partial charge in [-0.3, -0.25) is 0 Å². The Labute approximate surface area is 92.1 Å². The summed E-state index contributed by atoms with van der Waals surface area (Å²) in [6.07, 6.45) is 3.32. The topological polar surface area (TPSA) is 49.4 Å². The summed E-state index contributed by atoms with van der Waals surface area (Å²) in [5, 5.41) is 3.26. The first-order chi connectivity index (χ1) is 7.08. The van der Waals surface area contributed by atoms with Gasteiger partial charge in [-0.25, -0.2) is 8.42 Å². The standard InChI is InChI=1S/C10H20N2O2S/c1-9-8-12(6-5-11-9)15(13,14)7-4-10-2-3-10/h9-11H,2-8H2,1H3/t9-/m0/s1. The molecule has 1 aliphatic carbocycles. The molecule has 1 atom stereocenters. The van der Waals surface area contributed by atoms with E-state index >= 15 is 0 Å². The van der Waals surface area contributed by atoms with Gasteiger partial charge in [0.25, 0.3) is 0 Å². The third-order valence-electron chi connectivity index (χ3n) is 3.21. The predicted molar refractivity (Wildman–Crippen MR) is 60.2 cm³/mol. The molecule has 0 aromatic heterocycles. The molecule has 1 saturated carbocycles. The van der Waals surface area contributed by atoms with E-state index in [1.807, 2.05) is 6.92 Å². The molecule has 4 nitrogen and oxygen atoms in total. The van der Waals surface area contributed by atoms with Gasteiger partial charge in [0.1, 0.15) is 0 Å². The van der Waals surface area contributed by atoms with Gasteiger partial charge >= 0.3 is 0 Å². The molecule has 2 fully saturated rings. The van der Waals surface area contributed by atoms with E-state index in [0.717, 1.165) is 13.0 Å². The van der Waals surface area contributed by atoms with Crippen molar-refractivity contribution in [1.82, 2.24) is 9.62 Å². The van der Waals surface area contributed by atoms with Crippen molar-refractivity contribution in [3.63, 3.8) is 0 Å². The van der Waals surface area contributed by atoms with Crippen molar-refractivity contribution in [2.45, 2.75) is 32.2 Å². The van der Waals surface area contributed by atoms with Crippen molar-refractivity contribution in [2.24, 2.45) is 5.92 Å². The van der Waals surface area contributed by atoms with E-state index in [9.17, 15) is 8.42 Å². The van der Waals surface area contributed by atoms with Crippen molar-refractivity contribution in [1.29, 1.82) is 0 Å². The maximum atomic E-state index is 12.0. The Bertz CT molecular complexity index is 311. The fourth-order valence-corrected chi connectivity index (χ4v) is 3.71. The van der Waals surface area contributed by atoms with Gasteiger partial charge < -0.3 is 5.32 Å². The minimum atomic E-state index is -2.98. The summed E-state index contributed by atoms with van der Waals surface area (Å²) >= 11 is 0. The molecule has 0 unspecified atom stereocenters. The van der Waals surface area contributed by atoms with Gasteiger partial charge in [0.15, 0.2) is 0 Å². The number of nitrogens with zero attached hydrogens (tertiary/aromatic N) is 1. The van der Waals surface area contributed by atoms with Crippen molar-refractivity contribution >= 4 is 10.0 Å². The molecule has 15 heavy (non-hydrogen) atoms. The first-order valence-corrected chi connectivity index (χ1v) is 7.40. The van der Waals surface area contributed by atoms with E-state index < -0.39 is 10.0 Å². The Balaban J connectivity index is 1.88. The molecule has 1 saturated heterocycles. The summed E-state index contributed by atoms with van der Waals surface area (Å²) < 4.78 is 25.6. The van der Waals surface area contributed by atoms with E-state index in [2.05, 4.69) is 5.32 Å². The molecule has 5 heteroatoms. The quantitative estimate of drug-likeness (QED) is 0.764. The van der Waals surface area contributed by atoms with Crippen LogP contribution in [0.25, 0.3) is 0 Å². The molecule has 0 spiro atoms. The third-order valence-corrected chi connectivity index (χ3v) is 5.08. The van der Waals surface area contributed by atoms with Crippen LogP contribution in [-0.4, -0.2) is 44.2 Å². The SMILES string of the molecule is C[C@H]1CN(S(=O)(=O)CCC2CC2)CCN1. The zero-order valence-corrected chi connectivity index (χ0v) is 10.1. The Kier molecular flexibility index (Phi) is 3.33. The summed E-state index contributed by atoms with van der Waals surface area (Å²) in [5.41, 5.74) is 0. The first kappa shape index (κ1) is 11.4. The van der Waals surface area contributed by atoms with Gasteiger partial charge in [0, 0.05) is 25.7 Å². The molecule has 88 valence electrons. The van der Waals surface area contributed by atoms with Crippen molar-refractivity contribution in [2.75, 3.05) is 25.4 Å². The van der Waals surface area contributed by atoms with Crippen LogP contribution in [-0.2, 0) is 10.0 Å². The predicted octanol–water partition coefficient (Wildman–Crippen LogP) is 0.410. The molecule has 1 heterocycles. The van der Waals surface area contributed by atoms with E-state index in [4.69, 9.17) is 0 Å². The van der Waals surface area contributed by atoms with Crippen molar-refractivity contribution in [3.05, 3.63) is 0 Å². The molecule has 0 aromatic carbocycles. The molecule has 1 N–H and O–H groups in total. The number of piperazine rings is 1. The van der Waals surface area contributed by atoms with Crippen LogP contribution in [0.4, 0.5) is 0 Å². The van der Waals surface area contributed by atoms with Crippen LogP contribution in [0, 0.1) is 5.92 Å². The van der Waals surface area contributed by atoms with Crippen LogP contribution in [0.1, 0.15) is 26.2 Å². The monoisotopic (exact) mass is 232 g/mol. The minimum Gasteiger partial charge on any atom is -0.312 e. The largest absolute Gasteiger partial charge is 0.312 e. The first-order valence-electron chi connectivity index (χ1n) is 5.79. The summed E-state index contributed by atoms with van der Waals surface area (Å²) in [4.78, 5) is 0. The maximum Gasteiger partial charge on any atom is 0.214 e. The lowest BCUT2D eigenvalue weighted by atomic mass is 10.3. The van der Waals surface area contributed by atoms with Gasteiger partial charge in [-0.2, -0.15) is 4.31 Å². The molecule has 2 aliphatic rings. The summed E-state index contributed by atoms with van der Waals surface area (Å²) in [6, 6.07) is 0.287. The molecule has 0 amide bonds.